The van der Waals surface area contributed by atoms with Gasteiger partial charge in [0.1, 0.15) is 22.7 Å². The number of methoxy groups -OCH3 is 3. The van der Waals surface area contributed by atoms with Gasteiger partial charge < -0.3 is 18.9 Å². The molecule has 1 aliphatic rings. The van der Waals surface area contributed by atoms with Crippen LogP contribution in [0.25, 0.3) is 27.4 Å². The molecule has 9 heteroatoms. The Labute approximate surface area is 246 Å². The third-order valence-corrected chi connectivity index (χ3v) is 8.39. The van der Waals surface area contributed by atoms with E-state index in [9.17, 15) is 9.59 Å². The second-order valence-electron chi connectivity index (χ2n) is 9.70. The maximum Gasteiger partial charge on any atom is 0.263 e. The van der Waals surface area contributed by atoms with Crippen LogP contribution in [0, 0.1) is 0 Å². The zero-order chi connectivity index (χ0) is 29.2. The topological polar surface area (TPSA) is 88.9 Å². The first-order chi connectivity index (χ1) is 20.6. The van der Waals surface area contributed by atoms with Crippen LogP contribution in [0.2, 0.25) is 0 Å². The highest BCUT2D eigenvalue weighted by molar-refractivity contribution is 7.19. The van der Waals surface area contributed by atoms with Crippen LogP contribution in [0.1, 0.15) is 22.4 Å². The molecule has 0 aliphatic heterocycles. The van der Waals surface area contributed by atoms with Crippen molar-refractivity contribution in [2.75, 3.05) is 21.3 Å². The van der Waals surface area contributed by atoms with Crippen LogP contribution in [0.3, 0.4) is 0 Å². The van der Waals surface area contributed by atoms with Crippen molar-refractivity contribution in [1.29, 1.82) is 0 Å². The van der Waals surface area contributed by atoms with Gasteiger partial charge in [0.05, 0.1) is 38.1 Å². The quantitative estimate of drug-likeness (QED) is 0.194. The van der Waals surface area contributed by atoms with Crippen molar-refractivity contribution < 1.29 is 23.7 Å². The van der Waals surface area contributed by atoms with Crippen LogP contribution in [0.4, 0.5) is 0 Å². The summed E-state index contributed by atoms with van der Waals surface area (Å²) in [6, 6.07) is 22.7. The first-order valence-corrected chi connectivity index (χ1v) is 14.2. The van der Waals surface area contributed by atoms with E-state index < -0.39 is 0 Å². The van der Waals surface area contributed by atoms with Crippen molar-refractivity contribution in [2.45, 2.75) is 19.4 Å². The third kappa shape index (κ3) is 4.81. The maximum atomic E-state index is 14.4. The molecule has 2 aromatic heterocycles. The summed E-state index contributed by atoms with van der Waals surface area (Å²) in [7, 11) is 4.64. The highest BCUT2D eigenvalue weighted by atomic mass is 32.1. The van der Waals surface area contributed by atoms with Gasteiger partial charge in [-0.3, -0.25) is 14.2 Å². The minimum absolute atomic E-state index is 0.168. The Morgan fingerprint density at radius 3 is 2.19 bits per heavy atom. The maximum absolute atomic E-state index is 14.4. The molecular formula is C33H28N2O6S. The Kier molecular flexibility index (Phi) is 7.50. The molecule has 0 unspecified atom stereocenters. The number of ether oxygens (including phenoxy) is 4. The lowest BCUT2D eigenvalue weighted by Crippen LogP contribution is -2.24. The molecule has 212 valence electrons. The van der Waals surface area contributed by atoms with Gasteiger partial charge in [0.15, 0.2) is 17.3 Å². The average molecular weight is 581 g/mol. The van der Waals surface area contributed by atoms with Gasteiger partial charge in [-0.1, -0.05) is 48.5 Å². The number of aromatic nitrogens is 2. The van der Waals surface area contributed by atoms with Crippen molar-refractivity contribution in [3.05, 3.63) is 105 Å². The van der Waals surface area contributed by atoms with E-state index in [2.05, 4.69) is 0 Å². The number of thiophene rings is 1. The molecule has 0 bridgehead atoms. The molecule has 0 N–H and O–H groups in total. The van der Waals surface area contributed by atoms with Gasteiger partial charge in [-0.05, 0) is 48.2 Å². The predicted octanol–water partition coefficient (Wildman–Crippen LogP) is 6.13. The molecule has 0 fully saturated rings. The third-order valence-electron chi connectivity index (χ3n) is 7.26. The highest BCUT2D eigenvalue weighted by Crippen LogP contribution is 2.43. The Bertz CT molecular complexity index is 1850. The summed E-state index contributed by atoms with van der Waals surface area (Å²) in [4.78, 5) is 32.9. The largest absolute Gasteiger partial charge is 0.493 e. The molecule has 1 aliphatic carbocycles. The van der Waals surface area contributed by atoms with Crippen molar-refractivity contribution in [3.8, 4) is 34.4 Å². The number of hydrogen-bond acceptors (Lipinski definition) is 8. The van der Waals surface area contributed by atoms with Crippen LogP contribution in [0.5, 0.6) is 23.0 Å². The van der Waals surface area contributed by atoms with Crippen LogP contribution in [0.15, 0.2) is 83.2 Å². The molecule has 0 saturated carbocycles. The molecule has 6 rings (SSSR count). The first kappa shape index (κ1) is 27.3. The summed E-state index contributed by atoms with van der Waals surface area (Å²) in [5, 5.41) is 0.543. The average Bonchev–Trinajstić information content (AvgIpc) is 3.42. The van der Waals surface area contributed by atoms with E-state index in [0.717, 1.165) is 22.3 Å². The molecule has 8 nitrogen and oxygen atoms in total. The van der Waals surface area contributed by atoms with E-state index in [0.29, 0.717) is 75.3 Å². The number of para-hydroxylation sites is 1. The van der Waals surface area contributed by atoms with E-state index in [1.807, 2.05) is 60.7 Å². The lowest BCUT2D eigenvalue weighted by atomic mass is 9.95. The van der Waals surface area contributed by atoms with Gasteiger partial charge in [0.2, 0.25) is 5.75 Å². The van der Waals surface area contributed by atoms with Crippen LogP contribution >= 0.6 is 11.3 Å². The van der Waals surface area contributed by atoms with Crippen LogP contribution < -0.4 is 24.5 Å². The number of aldehydes is 1. The number of allylic oxidation sites excluding steroid dienone is 1. The molecule has 0 spiro atoms. The van der Waals surface area contributed by atoms with Crippen molar-refractivity contribution >= 4 is 33.6 Å². The zero-order valence-electron chi connectivity index (χ0n) is 23.4. The summed E-state index contributed by atoms with van der Waals surface area (Å²) < 4.78 is 24.7. The Balaban J connectivity index is 1.60. The Morgan fingerprint density at radius 1 is 0.905 bits per heavy atom. The Hall–Kier alpha value is -4.89. The number of carbonyl (C=O) groups is 1. The van der Waals surface area contributed by atoms with E-state index in [4.69, 9.17) is 23.9 Å². The van der Waals surface area contributed by atoms with Gasteiger partial charge >= 0.3 is 0 Å². The summed E-state index contributed by atoms with van der Waals surface area (Å²) in [5.41, 5.74) is 2.83. The number of fused-ring (bicyclic) bond motifs is 3. The standard InChI is InChI=1S/C33H28N2O6S/c1-38-25-16-22(17-26(39-2)29(25)40-3)31-34-32-27(33(37)35(31)18-20-10-6-4-7-11-20)24-15-14-21(19-36)28(30(24)42-32)41-23-12-8-5-9-13-23/h4-13,16-17,19H,14-15,18H2,1-3H3. The van der Waals surface area contributed by atoms with Gasteiger partial charge in [-0.15, -0.1) is 11.3 Å². The summed E-state index contributed by atoms with van der Waals surface area (Å²) in [5.74, 6) is 2.90. The SMILES string of the molecule is COc1cc(-c2nc3sc4c(c3c(=O)n2Cc2ccccc2)CCC(C=O)=C4Oc2ccccc2)cc(OC)c1OC. The van der Waals surface area contributed by atoms with E-state index in [1.165, 1.54) is 11.3 Å². The van der Waals surface area contributed by atoms with Gasteiger partial charge in [0.25, 0.3) is 5.56 Å². The normalized spacial score (nSPS) is 12.6. The molecule has 5 aromatic rings. The minimum atomic E-state index is -0.168. The zero-order valence-corrected chi connectivity index (χ0v) is 24.2. The van der Waals surface area contributed by atoms with E-state index in [1.54, 1.807) is 38.0 Å². The predicted molar refractivity (Wildman–Crippen MR) is 163 cm³/mol. The van der Waals surface area contributed by atoms with Crippen molar-refractivity contribution in [2.24, 2.45) is 0 Å². The van der Waals surface area contributed by atoms with Crippen LogP contribution in [-0.2, 0) is 17.8 Å². The van der Waals surface area contributed by atoms with Gasteiger partial charge in [-0.2, -0.15) is 0 Å². The van der Waals surface area contributed by atoms with Gasteiger partial charge in [-0.25, -0.2) is 4.98 Å². The fraction of sp³-hybridized carbons (Fsp3) is 0.182. The first-order valence-electron chi connectivity index (χ1n) is 13.4. The number of carbonyl (C=O) groups excluding carboxylic acids is 1. The molecule has 0 saturated heterocycles. The van der Waals surface area contributed by atoms with Crippen LogP contribution in [-0.4, -0.2) is 37.2 Å². The summed E-state index contributed by atoms with van der Waals surface area (Å²) in [6.45, 7) is 0.308. The smallest absolute Gasteiger partial charge is 0.263 e. The highest BCUT2D eigenvalue weighted by Gasteiger charge is 2.29. The number of nitrogens with zero attached hydrogens (tertiary/aromatic N) is 2. The molecule has 0 amide bonds. The second kappa shape index (κ2) is 11.5. The number of hydrogen-bond donors (Lipinski definition) is 0. The van der Waals surface area contributed by atoms with Crippen molar-refractivity contribution in [1.82, 2.24) is 9.55 Å². The lowest BCUT2D eigenvalue weighted by Gasteiger charge is -2.18. The molecule has 42 heavy (non-hydrogen) atoms. The van der Waals surface area contributed by atoms with Gasteiger partial charge in [0, 0.05) is 11.1 Å². The van der Waals surface area contributed by atoms with Crippen molar-refractivity contribution in [3.63, 3.8) is 0 Å². The number of benzene rings is 3. The fourth-order valence-corrected chi connectivity index (χ4v) is 6.48. The number of rotatable bonds is 9. The minimum Gasteiger partial charge on any atom is -0.493 e. The Morgan fingerprint density at radius 2 is 1.57 bits per heavy atom. The monoisotopic (exact) mass is 580 g/mol. The molecule has 2 heterocycles. The molecular weight excluding hydrogens is 552 g/mol. The summed E-state index contributed by atoms with van der Waals surface area (Å²) in [6.07, 6.45) is 1.85. The molecule has 3 aromatic carbocycles. The lowest BCUT2D eigenvalue weighted by molar-refractivity contribution is -0.105. The fourth-order valence-electron chi connectivity index (χ4n) is 5.25. The molecule has 0 radical (unpaired) electrons. The number of aryl methyl sites for hydroxylation is 1. The van der Waals surface area contributed by atoms with E-state index in [-0.39, 0.29) is 5.56 Å². The van der Waals surface area contributed by atoms with E-state index >= 15 is 0 Å². The second-order valence-corrected chi connectivity index (χ2v) is 10.7. The molecule has 0 atom stereocenters. The summed E-state index contributed by atoms with van der Waals surface area (Å²) >= 11 is 1.36.